The molecule has 2 atom stereocenters. The van der Waals surface area contributed by atoms with E-state index in [9.17, 15) is 18.4 Å². The van der Waals surface area contributed by atoms with E-state index < -0.39 is 20.9 Å². The van der Waals surface area contributed by atoms with Crippen LogP contribution in [0, 0.1) is 0 Å². The topological polar surface area (TPSA) is 107 Å². The minimum Gasteiger partial charge on any atom is -0.310 e. The molecule has 3 heterocycles. The number of piperidine rings is 1. The van der Waals surface area contributed by atoms with Crippen molar-refractivity contribution in [3.05, 3.63) is 12.4 Å². The van der Waals surface area contributed by atoms with E-state index in [2.05, 4.69) is 34.0 Å². The summed E-state index contributed by atoms with van der Waals surface area (Å²) in [4.78, 5) is 35.7. The van der Waals surface area contributed by atoms with Crippen molar-refractivity contribution in [1.29, 1.82) is 0 Å². The van der Waals surface area contributed by atoms with Gasteiger partial charge in [-0.3, -0.25) is 19.0 Å². The SMILES string of the molecule is O=C1CCCCN1c1cnc(N2CCC(N(S)S(=O)(O)=S)C2=O)nc1. The lowest BCUT2D eigenvalue weighted by molar-refractivity contribution is -0.120. The van der Waals surface area contributed by atoms with E-state index >= 15 is 0 Å². The van der Waals surface area contributed by atoms with Crippen molar-refractivity contribution in [2.75, 3.05) is 22.9 Å². The lowest BCUT2D eigenvalue weighted by Crippen LogP contribution is -2.40. The molecule has 2 aliphatic rings. The molecule has 12 heteroatoms. The third-order valence-corrected chi connectivity index (χ3v) is 6.66. The number of aromatic nitrogens is 2. The Bertz CT molecular complexity index is 785. The fraction of sp³-hybridized carbons (Fsp3) is 0.538. The zero-order valence-corrected chi connectivity index (χ0v) is 15.7. The van der Waals surface area contributed by atoms with Crippen LogP contribution in [-0.2, 0) is 29.7 Å². The summed E-state index contributed by atoms with van der Waals surface area (Å²) >= 11 is 8.33. The highest BCUT2D eigenvalue weighted by Gasteiger charge is 2.40. The highest BCUT2D eigenvalue weighted by Crippen LogP contribution is 2.26. The summed E-state index contributed by atoms with van der Waals surface area (Å²) in [6, 6.07) is -0.912. The van der Waals surface area contributed by atoms with Crippen LogP contribution in [0.4, 0.5) is 11.6 Å². The summed E-state index contributed by atoms with van der Waals surface area (Å²) in [5.41, 5.74) is 0.594. The van der Waals surface area contributed by atoms with Crippen molar-refractivity contribution in [3.63, 3.8) is 0 Å². The van der Waals surface area contributed by atoms with Gasteiger partial charge in [0.25, 0.3) is 0 Å². The minimum atomic E-state index is -3.75. The van der Waals surface area contributed by atoms with Crippen LogP contribution in [-0.4, -0.2) is 53.4 Å². The number of anilines is 2. The Morgan fingerprint density at radius 3 is 2.52 bits per heavy atom. The van der Waals surface area contributed by atoms with E-state index in [0.29, 0.717) is 22.4 Å². The van der Waals surface area contributed by atoms with Gasteiger partial charge in [0.05, 0.1) is 18.1 Å². The summed E-state index contributed by atoms with van der Waals surface area (Å²) in [7, 11) is -3.75. The van der Waals surface area contributed by atoms with Crippen LogP contribution >= 0.6 is 12.8 Å². The van der Waals surface area contributed by atoms with E-state index in [4.69, 9.17) is 0 Å². The molecule has 1 N–H and O–H groups in total. The van der Waals surface area contributed by atoms with Crippen molar-refractivity contribution in [2.45, 2.75) is 31.7 Å². The Kier molecular flexibility index (Phi) is 5.25. The number of carbonyl (C=O) groups excluding carboxylic acids is 2. The van der Waals surface area contributed by atoms with Gasteiger partial charge in [0.2, 0.25) is 26.7 Å². The molecular formula is C13H17N5O4S3. The van der Waals surface area contributed by atoms with E-state index in [1.54, 1.807) is 4.90 Å². The first kappa shape index (κ1) is 18.5. The van der Waals surface area contributed by atoms with Crippen LogP contribution in [0.1, 0.15) is 25.7 Å². The largest absolute Gasteiger partial charge is 0.310 e. The molecule has 2 aliphatic heterocycles. The molecule has 9 nitrogen and oxygen atoms in total. The first-order valence-electron chi connectivity index (χ1n) is 7.68. The standard InChI is InChI=1S/C13H17N5O4S3/c19-11-3-1-2-5-16(11)9-7-14-13(15-8-9)17-6-4-10(12(17)20)18(23)25(21,22)24/h7-8,10,23H,1-6H2,(H,21,22,24). The molecule has 0 aromatic carbocycles. The molecule has 2 saturated heterocycles. The van der Waals surface area contributed by atoms with E-state index in [1.165, 1.54) is 17.3 Å². The van der Waals surface area contributed by atoms with Gasteiger partial charge in [0, 0.05) is 30.7 Å². The van der Waals surface area contributed by atoms with Crippen LogP contribution in [0.2, 0.25) is 0 Å². The van der Waals surface area contributed by atoms with Gasteiger partial charge >= 0.3 is 0 Å². The Morgan fingerprint density at radius 1 is 1.24 bits per heavy atom. The molecule has 25 heavy (non-hydrogen) atoms. The quantitative estimate of drug-likeness (QED) is 0.700. The normalized spacial score (nSPS) is 24.0. The summed E-state index contributed by atoms with van der Waals surface area (Å²) in [6.45, 7) is 0.915. The zero-order chi connectivity index (χ0) is 18.2. The minimum absolute atomic E-state index is 0.0359. The first-order chi connectivity index (χ1) is 11.8. The maximum Gasteiger partial charge on any atom is 0.248 e. The van der Waals surface area contributed by atoms with E-state index in [-0.39, 0.29) is 24.8 Å². The second-order valence-corrected chi connectivity index (χ2v) is 9.08. The van der Waals surface area contributed by atoms with Gasteiger partial charge in [-0.15, -0.1) is 3.71 Å². The average molecular weight is 404 g/mol. The molecule has 0 radical (unpaired) electrons. The average Bonchev–Trinajstić information content (AvgIpc) is 2.95. The molecule has 136 valence electrons. The van der Waals surface area contributed by atoms with Crippen molar-refractivity contribution in [2.24, 2.45) is 0 Å². The lowest BCUT2D eigenvalue weighted by Gasteiger charge is -2.26. The number of carbonyl (C=O) groups is 2. The number of hydrogen-bond acceptors (Lipinski definition) is 7. The summed E-state index contributed by atoms with van der Waals surface area (Å²) < 4.78 is 21.6. The summed E-state index contributed by atoms with van der Waals surface area (Å²) in [6.07, 6.45) is 5.62. The van der Waals surface area contributed by atoms with Gasteiger partial charge < -0.3 is 4.90 Å². The first-order valence-corrected chi connectivity index (χ1v) is 10.5. The molecule has 0 saturated carbocycles. The van der Waals surface area contributed by atoms with Crippen LogP contribution in [0.25, 0.3) is 0 Å². The molecule has 1 aromatic rings. The predicted molar refractivity (Wildman–Crippen MR) is 98.0 cm³/mol. The summed E-state index contributed by atoms with van der Waals surface area (Å²) in [5.74, 6) is -0.228. The zero-order valence-electron chi connectivity index (χ0n) is 13.1. The van der Waals surface area contributed by atoms with Crippen LogP contribution in [0.5, 0.6) is 0 Å². The number of nitrogens with zero attached hydrogens (tertiary/aromatic N) is 5. The van der Waals surface area contributed by atoms with Crippen LogP contribution in [0.3, 0.4) is 0 Å². The van der Waals surface area contributed by atoms with Crippen LogP contribution in [0.15, 0.2) is 12.4 Å². The molecule has 2 unspecified atom stereocenters. The molecular weight excluding hydrogens is 386 g/mol. The predicted octanol–water partition coefficient (Wildman–Crippen LogP) is 0.380. The van der Waals surface area contributed by atoms with Crippen molar-refractivity contribution >= 4 is 56.4 Å². The van der Waals surface area contributed by atoms with E-state index in [1.807, 2.05) is 0 Å². The monoisotopic (exact) mass is 403 g/mol. The molecule has 2 fully saturated rings. The molecule has 0 aliphatic carbocycles. The second-order valence-electron chi connectivity index (χ2n) is 5.79. The Balaban J connectivity index is 1.75. The maximum absolute atomic E-state index is 12.4. The Hall–Kier alpha value is -1.34. The molecule has 2 amide bonds. The molecule has 1 aromatic heterocycles. The molecule has 3 rings (SSSR count). The molecule has 0 bridgehead atoms. The van der Waals surface area contributed by atoms with Gasteiger partial charge in [-0.05, 0) is 19.3 Å². The van der Waals surface area contributed by atoms with Gasteiger partial charge in [-0.25, -0.2) is 14.2 Å². The maximum atomic E-state index is 12.4. The fourth-order valence-corrected chi connectivity index (χ4v) is 3.94. The Morgan fingerprint density at radius 2 is 1.92 bits per heavy atom. The van der Waals surface area contributed by atoms with Crippen molar-refractivity contribution in [1.82, 2.24) is 13.7 Å². The third-order valence-electron chi connectivity index (χ3n) is 4.18. The summed E-state index contributed by atoms with van der Waals surface area (Å²) in [5, 5.41) is 0. The van der Waals surface area contributed by atoms with Gasteiger partial charge in [-0.1, -0.05) is 12.8 Å². The fourth-order valence-electron chi connectivity index (χ4n) is 2.90. The molecule has 0 spiro atoms. The van der Waals surface area contributed by atoms with E-state index in [0.717, 1.165) is 12.8 Å². The lowest BCUT2D eigenvalue weighted by atomic mass is 10.1. The van der Waals surface area contributed by atoms with Crippen molar-refractivity contribution in [3.8, 4) is 0 Å². The number of thiol groups is 1. The van der Waals surface area contributed by atoms with Crippen molar-refractivity contribution < 1.29 is 18.4 Å². The third kappa shape index (κ3) is 3.77. The second kappa shape index (κ2) is 7.11. The number of rotatable bonds is 4. The number of amides is 2. The Labute approximate surface area is 155 Å². The highest BCUT2D eigenvalue weighted by atomic mass is 32.9. The van der Waals surface area contributed by atoms with Gasteiger partial charge in [0.15, 0.2) is 0 Å². The van der Waals surface area contributed by atoms with Gasteiger partial charge in [-0.2, -0.15) is 0 Å². The van der Waals surface area contributed by atoms with Gasteiger partial charge in [0.1, 0.15) is 6.04 Å². The smallest absolute Gasteiger partial charge is 0.248 e. The number of hydrogen-bond donors (Lipinski definition) is 2. The highest BCUT2D eigenvalue weighted by molar-refractivity contribution is 8.30. The van der Waals surface area contributed by atoms with Crippen LogP contribution < -0.4 is 9.80 Å².